The lowest BCUT2D eigenvalue weighted by Crippen LogP contribution is -1.88. The second-order valence-corrected chi connectivity index (χ2v) is 3.46. The number of aldehydes is 1. The van der Waals surface area contributed by atoms with Gasteiger partial charge in [-0.15, -0.1) is 0 Å². The Hall–Kier alpha value is -1.37. The lowest BCUT2D eigenvalue weighted by atomic mass is 10.0. The summed E-state index contributed by atoms with van der Waals surface area (Å²) in [7, 11) is 0. The summed E-state index contributed by atoms with van der Waals surface area (Å²) in [6, 6.07) is 8.22. The topological polar surface area (TPSA) is 17.1 Å². The van der Waals surface area contributed by atoms with Crippen LogP contribution >= 0.6 is 0 Å². The van der Waals surface area contributed by atoms with E-state index in [4.69, 9.17) is 0 Å². The Kier molecular flexibility index (Phi) is 4.11. The normalized spacial score (nSPS) is 11.4. The van der Waals surface area contributed by atoms with E-state index >= 15 is 0 Å². The predicted octanol–water partition coefficient (Wildman–Crippen LogP) is 3.24. The van der Waals surface area contributed by atoms with Crippen molar-refractivity contribution < 1.29 is 4.79 Å². The highest BCUT2D eigenvalue weighted by Gasteiger charge is 1.97. The SMILES string of the molecule is CCCc1ccccc1/C=C(\C)C=O. The molecule has 0 radical (unpaired) electrons. The first-order chi connectivity index (χ1) is 6.77. The van der Waals surface area contributed by atoms with Crippen molar-refractivity contribution in [3.63, 3.8) is 0 Å². The Morgan fingerprint density at radius 1 is 1.36 bits per heavy atom. The van der Waals surface area contributed by atoms with Gasteiger partial charge in [0.05, 0.1) is 0 Å². The Labute approximate surface area is 85.5 Å². The van der Waals surface area contributed by atoms with E-state index in [0.29, 0.717) is 0 Å². The maximum Gasteiger partial charge on any atom is 0.145 e. The van der Waals surface area contributed by atoms with E-state index < -0.39 is 0 Å². The number of hydrogen-bond acceptors (Lipinski definition) is 1. The molecule has 0 aliphatic rings. The highest BCUT2D eigenvalue weighted by atomic mass is 16.1. The molecule has 0 saturated heterocycles. The number of hydrogen-bond donors (Lipinski definition) is 0. The van der Waals surface area contributed by atoms with Crippen LogP contribution in [0.4, 0.5) is 0 Å². The molecular formula is C13H16O. The van der Waals surface area contributed by atoms with Gasteiger partial charge < -0.3 is 0 Å². The number of aryl methyl sites for hydroxylation is 1. The minimum absolute atomic E-state index is 0.772. The summed E-state index contributed by atoms with van der Waals surface area (Å²) in [5.41, 5.74) is 3.25. The third-order valence-corrected chi connectivity index (χ3v) is 2.14. The number of benzene rings is 1. The molecular weight excluding hydrogens is 172 g/mol. The van der Waals surface area contributed by atoms with Gasteiger partial charge in [0, 0.05) is 0 Å². The second kappa shape index (κ2) is 5.38. The third-order valence-electron chi connectivity index (χ3n) is 2.14. The van der Waals surface area contributed by atoms with Crippen LogP contribution in [0.5, 0.6) is 0 Å². The zero-order chi connectivity index (χ0) is 10.4. The number of rotatable bonds is 4. The molecule has 0 unspecified atom stereocenters. The van der Waals surface area contributed by atoms with Crippen LogP contribution < -0.4 is 0 Å². The monoisotopic (exact) mass is 188 g/mol. The van der Waals surface area contributed by atoms with Gasteiger partial charge in [0.15, 0.2) is 0 Å². The molecule has 0 aromatic heterocycles. The van der Waals surface area contributed by atoms with E-state index in [2.05, 4.69) is 19.1 Å². The molecule has 0 fully saturated rings. The Balaban J connectivity index is 3.00. The molecule has 14 heavy (non-hydrogen) atoms. The van der Waals surface area contributed by atoms with Crippen LogP contribution in [0.3, 0.4) is 0 Å². The molecule has 0 amide bonds. The molecule has 0 spiro atoms. The van der Waals surface area contributed by atoms with E-state index in [1.165, 1.54) is 11.1 Å². The average molecular weight is 188 g/mol. The summed E-state index contributed by atoms with van der Waals surface area (Å²) >= 11 is 0. The van der Waals surface area contributed by atoms with Crippen LogP contribution in [0.2, 0.25) is 0 Å². The minimum Gasteiger partial charge on any atom is -0.298 e. The van der Waals surface area contributed by atoms with Gasteiger partial charge in [-0.25, -0.2) is 0 Å². The Bertz CT molecular complexity index is 337. The third kappa shape index (κ3) is 2.84. The van der Waals surface area contributed by atoms with Gasteiger partial charge in [-0.05, 0) is 36.1 Å². The molecule has 1 aromatic rings. The van der Waals surface area contributed by atoms with Gasteiger partial charge in [0.25, 0.3) is 0 Å². The van der Waals surface area contributed by atoms with E-state index in [9.17, 15) is 4.79 Å². The summed E-state index contributed by atoms with van der Waals surface area (Å²) in [4.78, 5) is 10.5. The predicted molar refractivity (Wildman–Crippen MR) is 60.2 cm³/mol. The van der Waals surface area contributed by atoms with Crippen LogP contribution in [-0.4, -0.2) is 6.29 Å². The summed E-state index contributed by atoms with van der Waals surface area (Å²) in [6.45, 7) is 3.99. The van der Waals surface area contributed by atoms with Gasteiger partial charge in [-0.1, -0.05) is 37.6 Å². The van der Waals surface area contributed by atoms with Crippen molar-refractivity contribution in [1.82, 2.24) is 0 Å². The molecule has 0 heterocycles. The van der Waals surface area contributed by atoms with Gasteiger partial charge >= 0.3 is 0 Å². The summed E-state index contributed by atoms with van der Waals surface area (Å²) < 4.78 is 0. The highest BCUT2D eigenvalue weighted by molar-refractivity contribution is 5.81. The lowest BCUT2D eigenvalue weighted by Gasteiger charge is -2.03. The van der Waals surface area contributed by atoms with Crippen LogP contribution in [0.25, 0.3) is 6.08 Å². The fourth-order valence-corrected chi connectivity index (χ4v) is 1.45. The Morgan fingerprint density at radius 3 is 2.71 bits per heavy atom. The summed E-state index contributed by atoms with van der Waals surface area (Å²) in [6.07, 6.45) is 5.03. The van der Waals surface area contributed by atoms with Gasteiger partial charge in [0.2, 0.25) is 0 Å². The van der Waals surface area contributed by atoms with Crippen molar-refractivity contribution >= 4 is 12.4 Å². The van der Waals surface area contributed by atoms with Gasteiger partial charge in [0.1, 0.15) is 6.29 Å². The number of carbonyl (C=O) groups is 1. The van der Waals surface area contributed by atoms with E-state index in [-0.39, 0.29) is 0 Å². The van der Waals surface area contributed by atoms with Gasteiger partial charge in [-0.2, -0.15) is 0 Å². The molecule has 0 saturated carbocycles. The zero-order valence-electron chi connectivity index (χ0n) is 8.79. The maximum absolute atomic E-state index is 10.5. The van der Waals surface area contributed by atoms with E-state index in [0.717, 1.165) is 24.7 Å². The fraction of sp³-hybridized carbons (Fsp3) is 0.308. The molecule has 0 aliphatic carbocycles. The first kappa shape index (κ1) is 10.7. The highest BCUT2D eigenvalue weighted by Crippen LogP contribution is 2.14. The first-order valence-corrected chi connectivity index (χ1v) is 4.99. The quantitative estimate of drug-likeness (QED) is 0.523. The maximum atomic E-state index is 10.5. The molecule has 0 aliphatic heterocycles. The average Bonchev–Trinajstić information content (AvgIpc) is 2.21. The molecule has 1 rings (SSSR count). The largest absolute Gasteiger partial charge is 0.298 e. The van der Waals surface area contributed by atoms with Crippen LogP contribution in [0, 0.1) is 0 Å². The summed E-state index contributed by atoms with van der Waals surface area (Å²) in [5, 5.41) is 0. The van der Waals surface area contributed by atoms with E-state index in [1.807, 2.05) is 25.1 Å². The Morgan fingerprint density at radius 2 is 2.07 bits per heavy atom. The minimum atomic E-state index is 0.772. The first-order valence-electron chi connectivity index (χ1n) is 4.99. The fourth-order valence-electron chi connectivity index (χ4n) is 1.45. The number of carbonyl (C=O) groups excluding carboxylic acids is 1. The van der Waals surface area contributed by atoms with Crippen molar-refractivity contribution in [3.8, 4) is 0 Å². The number of allylic oxidation sites excluding steroid dienone is 1. The second-order valence-electron chi connectivity index (χ2n) is 3.46. The van der Waals surface area contributed by atoms with E-state index in [1.54, 1.807) is 0 Å². The van der Waals surface area contributed by atoms with Crippen LogP contribution in [0.15, 0.2) is 29.8 Å². The van der Waals surface area contributed by atoms with Crippen molar-refractivity contribution in [2.75, 3.05) is 0 Å². The smallest absolute Gasteiger partial charge is 0.145 e. The molecule has 0 atom stereocenters. The van der Waals surface area contributed by atoms with Crippen molar-refractivity contribution in [2.45, 2.75) is 26.7 Å². The van der Waals surface area contributed by atoms with Crippen molar-refractivity contribution in [3.05, 3.63) is 41.0 Å². The summed E-state index contributed by atoms with van der Waals surface area (Å²) in [5.74, 6) is 0. The lowest BCUT2D eigenvalue weighted by molar-refractivity contribution is -0.104. The molecule has 0 bridgehead atoms. The standard InChI is InChI=1S/C13H16O/c1-3-6-12-7-4-5-8-13(12)9-11(2)10-14/h4-5,7-10H,3,6H2,1-2H3/b11-9+. The molecule has 1 nitrogen and oxygen atoms in total. The molecule has 74 valence electrons. The van der Waals surface area contributed by atoms with Gasteiger partial charge in [-0.3, -0.25) is 4.79 Å². The molecule has 1 aromatic carbocycles. The van der Waals surface area contributed by atoms with Crippen LogP contribution in [-0.2, 0) is 11.2 Å². The van der Waals surface area contributed by atoms with Crippen molar-refractivity contribution in [1.29, 1.82) is 0 Å². The van der Waals surface area contributed by atoms with Crippen molar-refractivity contribution in [2.24, 2.45) is 0 Å². The molecule has 0 N–H and O–H groups in total. The van der Waals surface area contributed by atoms with Crippen LogP contribution in [0.1, 0.15) is 31.4 Å². The molecule has 1 heteroatoms. The zero-order valence-corrected chi connectivity index (χ0v) is 8.79.